The lowest BCUT2D eigenvalue weighted by molar-refractivity contribution is -0.117. The average molecular weight is 580 g/mol. The molecule has 2 aliphatic rings. The van der Waals surface area contributed by atoms with Gasteiger partial charge in [0.25, 0.3) is 0 Å². The number of aromatic hydroxyl groups is 1. The fourth-order valence-corrected chi connectivity index (χ4v) is 6.10. The SMILES string of the molecule is CCCC=CC(=O)CCc1cc(OC2CCCC2)c(O)c2c1C#CCC(N=C(N)N)CCC(COC)C2CCC(C)=O. The van der Waals surface area contributed by atoms with Crippen LogP contribution < -0.4 is 16.2 Å². The Balaban J connectivity index is 2.19. The maximum atomic E-state index is 12.7. The van der Waals surface area contributed by atoms with Crippen LogP contribution in [0.15, 0.2) is 23.2 Å². The summed E-state index contributed by atoms with van der Waals surface area (Å²) in [5.41, 5.74) is 13.7. The van der Waals surface area contributed by atoms with Gasteiger partial charge in [-0.1, -0.05) is 31.3 Å². The Morgan fingerprint density at radius 2 is 1.93 bits per heavy atom. The molecule has 0 amide bonds. The monoisotopic (exact) mass is 579 g/mol. The Morgan fingerprint density at radius 1 is 1.17 bits per heavy atom. The van der Waals surface area contributed by atoms with Crippen molar-refractivity contribution in [2.24, 2.45) is 22.4 Å². The van der Waals surface area contributed by atoms with Gasteiger partial charge in [-0.05, 0) is 94.3 Å². The number of unbranched alkanes of at least 4 members (excludes halogenated alkanes) is 1. The van der Waals surface area contributed by atoms with Crippen LogP contribution in [-0.4, -0.2) is 48.5 Å². The van der Waals surface area contributed by atoms with Crippen molar-refractivity contribution in [3.8, 4) is 23.3 Å². The summed E-state index contributed by atoms with van der Waals surface area (Å²) in [6, 6.07) is 1.70. The molecule has 1 aromatic rings. The first-order valence-electron chi connectivity index (χ1n) is 15.5. The lowest BCUT2D eigenvalue weighted by Gasteiger charge is -2.31. The zero-order valence-corrected chi connectivity index (χ0v) is 25.6. The van der Waals surface area contributed by atoms with E-state index in [1.165, 1.54) is 0 Å². The summed E-state index contributed by atoms with van der Waals surface area (Å²) in [5.74, 6) is 7.05. The molecule has 1 fully saturated rings. The number of carbonyl (C=O) groups excluding carboxylic acids is 2. The van der Waals surface area contributed by atoms with E-state index >= 15 is 0 Å². The molecule has 8 heteroatoms. The molecular formula is C34H49N3O5. The summed E-state index contributed by atoms with van der Waals surface area (Å²) >= 11 is 0. The third kappa shape index (κ3) is 9.90. The topological polar surface area (TPSA) is 137 Å². The van der Waals surface area contributed by atoms with Crippen molar-refractivity contribution in [3.63, 3.8) is 0 Å². The number of guanidine groups is 1. The molecule has 3 atom stereocenters. The second-order valence-electron chi connectivity index (χ2n) is 11.7. The molecule has 3 rings (SSSR count). The second kappa shape index (κ2) is 17.0. The lowest BCUT2D eigenvalue weighted by atomic mass is 9.75. The Morgan fingerprint density at radius 3 is 2.60 bits per heavy atom. The fraction of sp³-hybridized carbons (Fsp3) is 0.618. The van der Waals surface area contributed by atoms with E-state index in [0.29, 0.717) is 62.0 Å². The molecule has 5 N–H and O–H groups in total. The van der Waals surface area contributed by atoms with Gasteiger partial charge in [-0.15, -0.1) is 0 Å². The molecule has 3 unspecified atom stereocenters. The number of rotatable bonds is 14. The van der Waals surface area contributed by atoms with Gasteiger partial charge in [0.05, 0.1) is 12.1 Å². The van der Waals surface area contributed by atoms with E-state index in [-0.39, 0.29) is 47.3 Å². The van der Waals surface area contributed by atoms with E-state index in [2.05, 4.69) is 23.8 Å². The maximum absolute atomic E-state index is 12.7. The summed E-state index contributed by atoms with van der Waals surface area (Å²) in [4.78, 5) is 29.4. The highest BCUT2D eigenvalue weighted by Gasteiger charge is 2.33. The number of ether oxygens (including phenoxy) is 2. The largest absolute Gasteiger partial charge is 0.504 e. The number of benzene rings is 1. The van der Waals surface area contributed by atoms with Crippen LogP contribution in [0.5, 0.6) is 11.5 Å². The minimum atomic E-state index is -0.220. The Labute approximate surface area is 251 Å². The Hall–Kier alpha value is -3.31. The van der Waals surface area contributed by atoms with E-state index in [0.717, 1.165) is 50.5 Å². The highest BCUT2D eigenvalue weighted by Crippen LogP contribution is 2.46. The normalized spacial score (nSPS) is 20.9. The van der Waals surface area contributed by atoms with E-state index in [1.54, 1.807) is 20.1 Å². The van der Waals surface area contributed by atoms with Crippen molar-refractivity contribution >= 4 is 17.5 Å². The number of methoxy groups -OCH3 is 1. The zero-order chi connectivity index (χ0) is 30.5. The van der Waals surface area contributed by atoms with Gasteiger partial charge in [0.1, 0.15) is 5.78 Å². The van der Waals surface area contributed by atoms with E-state index in [1.807, 2.05) is 12.1 Å². The minimum Gasteiger partial charge on any atom is -0.504 e. The average Bonchev–Trinajstić information content (AvgIpc) is 3.45. The number of carbonyl (C=O) groups is 2. The molecule has 0 radical (unpaired) electrons. The molecule has 0 saturated heterocycles. The fourth-order valence-electron chi connectivity index (χ4n) is 6.10. The highest BCUT2D eigenvalue weighted by molar-refractivity contribution is 5.89. The van der Waals surface area contributed by atoms with Crippen LogP contribution in [0, 0.1) is 17.8 Å². The number of aryl methyl sites for hydroxylation is 1. The van der Waals surface area contributed by atoms with Crippen molar-refractivity contribution in [1.29, 1.82) is 0 Å². The van der Waals surface area contributed by atoms with Gasteiger partial charge in [0.15, 0.2) is 23.2 Å². The van der Waals surface area contributed by atoms with Crippen molar-refractivity contribution in [2.75, 3.05) is 13.7 Å². The van der Waals surface area contributed by atoms with Crippen LogP contribution in [-0.2, 0) is 20.7 Å². The number of fused-ring (bicyclic) bond motifs is 1. The molecule has 230 valence electrons. The van der Waals surface area contributed by atoms with Crippen LogP contribution in [0.3, 0.4) is 0 Å². The zero-order valence-electron chi connectivity index (χ0n) is 25.6. The Kier molecular flexibility index (Phi) is 13.4. The van der Waals surface area contributed by atoms with Gasteiger partial charge < -0.3 is 30.8 Å². The third-order valence-electron chi connectivity index (χ3n) is 8.26. The highest BCUT2D eigenvalue weighted by atomic mass is 16.5. The van der Waals surface area contributed by atoms with Gasteiger partial charge in [-0.3, -0.25) is 4.79 Å². The molecule has 0 aliphatic heterocycles. The molecule has 2 aliphatic carbocycles. The van der Waals surface area contributed by atoms with Crippen molar-refractivity contribution in [1.82, 2.24) is 0 Å². The molecule has 0 aromatic heterocycles. The molecule has 0 spiro atoms. The summed E-state index contributed by atoms with van der Waals surface area (Å²) < 4.78 is 12.1. The van der Waals surface area contributed by atoms with Gasteiger partial charge in [-0.25, -0.2) is 4.99 Å². The van der Waals surface area contributed by atoms with Gasteiger partial charge >= 0.3 is 0 Å². The number of nitrogens with zero attached hydrogens (tertiary/aromatic N) is 1. The van der Waals surface area contributed by atoms with Crippen molar-refractivity contribution in [2.45, 2.75) is 115 Å². The number of hydrogen-bond donors (Lipinski definition) is 3. The van der Waals surface area contributed by atoms with Gasteiger partial charge in [0.2, 0.25) is 0 Å². The summed E-state index contributed by atoms with van der Waals surface area (Å²) in [6.07, 6.45) is 13.1. The first kappa shape index (κ1) is 33.2. The molecule has 0 bridgehead atoms. The standard InChI is InChI=1S/C34H49N3O5/c1-4-5-6-11-27(39)19-17-24-21-31(42-28-12-7-8-13-28)33(40)32-29(24)14-9-10-26(37-34(35)36)18-16-25(22-41-3)30(32)20-15-23(2)38/h6,11,21,25-26,28,30,40H,4-5,7-8,10,12-13,15-20,22H2,1-3H3,(H4,35,36,37). The first-order chi connectivity index (χ1) is 20.2. The molecule has 1 saturated carbocycles. The summed E-state index contributed by atoms with van der Waals surface area (Å²) in [6.45, 7) is 4.10. The number of phenols is 1. The smallest absolute Gasteiger partial charge is 0.186 e. The number of ketones is 2. The van der Waals surface area contributed by atoms with Crippen LogP contribution in [0.1, 0.15) is 114 Å². The van der Waals surface area contributed by atoms with Gasteiger partial charge in [-0.2, -0.15) is 0 Å². The number of allylic oxidation sites excluding steroid dienone is 2. The van der Waals surface area contributed by atoms with Crippen LogP contribution in [0.25, 0.3) is 0 Å². The quantitative estimate of drug-likeness (QED) is 0.115. The summed E-state index contributed by atoms with van der Waals surface area (Å²) in [5, 5.41) is 11.9. The van der Waals surface area contributed by atoms with Crippen LogP contribution in [0.2, 0.25) is 0 Å². The molecular weight excluding hydrogens is 530 g/mol. The van der Waals surface area contributed by atoms with Crippen molar-refractivity contribution < 1.29 is 24.2 Å². The van der Waals surface area contributed by atoms with Crippen LogP contribution >= 0.6 is 0 Å². The predicted octanol–water partition coefficient (Wildman–Crippen LogP) is 5.46. The minimum absolute atomic E-state index is 0.0243. The third-order valence-corrected chi connectivity index (χ3v) is 8.26. The summed E-state index contributed by atoms with van der Waals surface area (Å²) in [7, 11) is 1.66. The number of nitrogens with two attached hydrogens (primary N) is 2. The number of hydrogen-bond acceptors (Lipinski definition) is 6. The number of Topliss-reactive ketones (excluding diaryl/α,β-unsaturated/α-hetero) is 1. The van der Waals surface area contributed by atoms with E-state index in [4.69, 9.17) is 20.9 Å². The Bertz CT molecular complexity index is 1190. The first-order valence-corrected chi connectivity index (χ1v) is 15.5. The number of phenolic OH excluding ortho intramolecular Hbond substituents is 1. The molecule has 0 heterocycles. The van der Waals surface area contributed by atoms with Crippen LogP contribution in [0.4, 0.5) is 0 Å². The van der Waals surface area contributed by atoms with Crippen molar-refractivity contribution in [3.05, 3.63) is 34.9 Å². The van der Waals surface area contributed by atoms with E-state index < -0.39 is 0 Å². The van der Waals surface area contributed by atoms with E-state index in [9.17, 15) is 14.7 Å². The predicted molar refractivity (Wildman–Crippen MR) is 167 cm³/mol. The van der Waals surface area contributed by atoms with Gasteiger partial charge in [0, 0.05) is 44.1 Å². The molecule has 42 heavy (non-hydrogen) atoms. The molecule has 8 nitrogen and oxygen atoms in total. The molecule has 1 aromatic carbocycles. The lowest BCUT2D eigenvalue weighted by Crippen LogP contribution is -2.27. The maximum Gasteiger partial charge on any atom is 0.186 e. The second-order valence-corrected chi connectivity index (χ2v) is 11.7. The number of aliphatic imine (C=N–C) groups is 1.